The third-order valence-corrected chi connectivity index (χ3v) is 6.04. The molecule has 27 heavy (non-hydrogen) atoms. The lowest BCUT2D eigenvalue weighted by Crippen LogP contribution is -2.50. The smallest absolute Gasteiger partial charge is 0.264 e. The molecule has 1 aromatic heterocycles. The Hall–Kier alpha value is -2.32. The van der Waals surface area contributed by atoms with E-state index in [1.807, 2.05) is 51.6 Å². The van der Waals surface area contributed by atoms with E-state index in [-0.39, 0.29) is 17.7 Å². The number of hydrogen-bond donors (Lipinski definition) is 1. The highest BCUT2D eigenvalue weighted by Gasteiger charge is 2.25. The van der Waals surface area contributed by atoms with Crippen LogP contribution < -0.4 is 5.32 Å². The maximum Gasteiger partial charge on any atom is 0.264 e. The minimum atomic E-state index is -0.109. The molecule has 1 aromatic carbocycles. The van der Waals surface area contributed by atoms with Gasteiger partial charge in [-0.15, -0.1) is 23.1 Å². The zero-order chi connectivity index (χ0) is 19.2. The van der Waals surface area contributed by atoms with Crippen molar-refractivity contribution in [2.24, 2.45) is 0 Å². The summed E-state index contributed by atoms with van der Waals surface area (Å²) >= 11 is 2.92. The minimum absolute atomic E-state index is 0.0470. The van der Waals surface area contributed by atoms with Gasteiger partial charge in [0.25, 0.3) is 5.91 Å². The highest BCUT2D eigenvalue weighted by molar-refractivity contribution is 8.00. The van der Waals surface area contributed by atoms with Crippen LogP contribution in [-0.2, 0) is 9.59 Å². The number of carbonyl (C=O) groups excluding carboxylic acids is 3. The van der Waals surface area contributed by atoms with Crippen LogP contribution in [0.3, 0.4) is 0 Å². The van der Waals surface area contributed by atoms with Crippen LogP contribution in [0.4, 0.5) is 5.69 Å². The van der Waals surface area contributed by atoms with E-state index < -0.39 is 0 Å². The van der Waals surface area contributed by atoms with Crippen molar-refractivity contribution in [3.63, 3.8) is 0 Å². The average molecular weight is 404 g/mol. The van der Waals surface area contributed by atoms with Crippen LogP contribution in [0.5, 0.6) is 0 Å². The van der Waals surface area contributed by atoms with Gasteiger partial charge >= 0.3 is 0 Å². The summed E-state index contributed by atoms with van der Waals surface area (Å²) < 4.78 is 0. The van der Waals surface area contributed by atoms with Gasteiger partial charge < -0.3 is 15.1 Å². The highest BCUT2D eigenvalue weighted by atomic mass is 32.2. The van der Waals surface area contributed by atoms with Gasteiger partial charge in [0, 0.05) is 43.7 Å². The fraction of sp³-hybridized carbons (Fsp3) is 0.316. The van der Waals surface area contributed by atoms with E-state index in [0.29, 0.717) is 31.9 Å². The number of nitrogens with zero attached hydrogens (tertiary/aromatic N) is 2. The zero-order valence-electron chi connectivity index (χ0n) is 15.0. The molecule has 142 valence electrons. The Morgan fingerprint density at radius 2 is 1.70 bits per heavy atom. The summed E-state index contributed by atoms with van der Waals surface area (Å²) in [6.45, 7) is 3.74. The normalized spacial score (nSPS) is 14.1. The van der Waals surface area contributed by atoms with Gasteiger partial charge in [-0.05, 0) is 35.7 Å². The van der Waals surface area contributed by atoms with Crippen molar-refractivity contribution in [2.75, 3.05) is 37.2 Å². The summed E-state index contributed by atoms with van der Waals surface area (Å²) in [7, 11) is 0. The van der Waals surface area contributed by atoms with Crippen molar-refractivity contribution in [3.8, 4) is 0 Å². The number of hydrogen-bond acceptors (Lipinski definition) is 5. The molecular formula is C19H21N3O3S2. The van der Waals surface area contributed by atoms with Crippen molar-refractivity contribution < 1.29 is 14.4 Å². The first-order chi connectivity index (χ1) is 13.0. The molecule has 2 heterocycles. The number of carbonyl (C=O) groups is 3. The predicted molar refractivity (Wildman–Crippen MR) is 108 cm³/mol. The van der Waals surface area contributed by atoms with Gasteiger partial charge in [-0.3, -0.25) is 14.4 Å². The van der Waals surface area contributed by atoms with Crippen LogP contribution in [0.2, 0.25) is 0 Å². The Morgan fingerprint density at radius 1 is 1.04 bits per heavy atom. The summed E-state index contributed by atoms with van der Waals surface area (Å²) in [5.41, 5.74) is 0.740. The molecule has 0 unspecified atom stereocenters. The molecule has 0 radical (unpaired) electrons. The molecule has 0 saturated carbocycles. The zero-order valence-corrected chi connectivity index (χ0v) is 16.6. The van der Waals surface area contributed by atoms with E-state index in [0.717, 1.165) is 15.5 Å². The van der Waals surface area contributed by atoms with Crippen molar-refractivity contribution in [3.05, 3.63) is 46.7 Å². The van der Waals surface area contributed by atoms with Gasteiger partial charge in [-0.1, -0.05) is 6.07 Å². The first kappa shape index (κ1) is 19.4. The van der Waals surface area contributed by atoms with Crippen LogP contribution in [0.15, 0.2) is 46.7 Å². The van der Waals surface area contributed by atoms with Gasteiger partial charge in [0.05, 0.1) is 10.6 Å². The fourth-order valence-corrected chi connectivity index (χ4v) is 4.28. The molecule has 0 atom stereocenters. The molecule has 8 heteroatoms. The summed E-state index contributed by atoms with van der Waals surface area (Å²) in [6.07, 6.45) is 0. The molecule has 3 amide bonds. The number of anilines is 1. The van der Waals surface area contributed by atoms with E-state index in [1.54, 1.807) is 0 Å². The molecule has 3 rings (SSSR count). The van der Waals surface area contributed by atoms with E-state index in [9.17, 15) is 14.4 Å². The SMILES string of the molecule is CC(=O)Nc1ccc(SCC(=O)N2CCN(C(=O)c3cccs3)CC2)cc1. The lowest BCUT2D eigenvalue weighted by atomic mass is 10.3. The molecule has 6 nitrogen and oxygen atoms in total. The monoisotopic (exact) mass is 403 g/mol. The lowest BCUT2D eigenvalue weighted by Gasteiger charge is -2.34. The van der Waals surface area contributed by atoms with E-state index in [4.69, 9.17) is 0 Å². The van der Waals surface area contributed by atoms with Gasteiger partial charge in [0.2, 0.25) is 11.8 Å². The van der Waals surface area contributed by atoms with Crippen molar-refractivity contribution in [1.82, 2.24) is 9.80 Å². The fourth-order valence-electron chi connectivity index (χ4n) is 2.79. The first-order valence-corrected chi connectivity index (χ1v) is 10.5. The largest absolute Gasteiger partial charge is 0.338 e. The third-order valence-electron chi connectivity index (χ3n) is 4.19. The first-order valence-electron chi connectivity index (χ1n) is 8.64. The summed E-state index contributed by atoms with van der Waals surface area (Å²) in [4.78, 5) is 41.2. The molecule has 1 fully saturated rings. The molecule has 1 aliphatic rings. The second kappa shape index (κ2) is 9.05. The quantitative estimate of drug-likeness (QED) is 0.780. The third kappa shape index (κ3) is 5.33. The number of thioether (sulfide) groups is 1. The number of piperazine rings is 1. The van der Waals surface area contributed by atoms with E-state index >= 15 is 0 Å². The van der Waals surface area contributed by atoms with Gasteiger partial charge in [-0.2, -0.15) is 0 Å². The number of amides is 3. The number of thiophene rings is 1. The number of rotatable bonds is 5. The molecule has 1 N–H and O–H groups in total. The summed E-state index contributed by atoms with van der Waals surface area (Å²) in [5.74, 6) is 0.375. The van der Waals surface area contributed by atoms with Crippen LogP contribution in [-0.4, -0.2) is 59.5 Å². The van der Waals surface area contributed by atoms with Crippen LogP contribution in [0.25, 0.3) is 0 Å². The predicted octanol–water partition coefficient (Wildman–Crippen LogP) is 2.78. The van der Waals surface area contributed by atoms with Crippen LogP contribution >= 0.6 is 23.1 Å². The molecule has 2 aromatic rings. The summed E-state index contributed by atoms with van der Waals surface area (Å²) in [6, 6.07) is 11.1. The maximum absolute atomic E-state index is 12.4. The molecule has 0 spiro atoms. The Bertz CT molecular complexity index is 798. The molecule has 1 saturated heterocycles. The molecular weight excluding hydrogens is 382 g/mol. The number of nitrogens with one attached hydrogen (secondary N) is 1. The molecule has 1 aliphatic heterocycles. The van der Waals surface area contributed by atoms with E-state index in [2.05, 4.69) is 5.32 Å². The molecule has 0 bridgehead atoms. The number of benzene rings is 1. The minimum Gasteiger partial charge on any atom is -0.338 e. The summed E-state index contributed by atoms with van der Waals surface area (Å²) in [5, 5.41) is 4.61. The van der Waals surface area contributed by atoms with Crippen LogP contribution in [0.1, 0.15) is 16.6 Å². The molecule has 0 aliphatic carbocycles. The highest BCUT2D eigenvalue weighted by Crippen LogP contribution is 2.21. The Morgan fingerprint density at radius 3 is 2.30 bits per heavy atom. The second-order valence-corrected chi connectivity index (χ2v) is 8.14. The van der Waals surface area contributed by atoms with Gasteiger partial charge in [-0.25, -0.2) is 0 Å². The van der Waals surface area contributed by atoms with Crippen molar-refractivity contribution >= 4 is 46.5 Å². The lowest BCUT2D eigenvalue weighted by molar-refractivity contribution is -0.129. The van der Waals surface area contributed by atoms with E-state index in [1.165, 1.54) is 30.0 Å². The Kier molecular flexibility index (Phi) is 6.52. The van der Waals surface area contributed by atoms with Gasteiger partial charge in [0.15, 0.2) is 0 Å². The van der Waals surface area contributed by atoms with Gasteiger partial charge in [0.1, 0.15) is 0 Å². The van der Waals surface area contributed by atoms with Crippen LogP contribution in [0, 0.1) is 0 Å². The standard InChI is InChI=1S/C19H21N3O3S2/c1-14(23)20-15-4-6-16(7-5-15)27-13-18(24)21-8-10-22(11-9-21)19(25)17-3-2-12-26-17/h2-7,12H,8-11,13H2,1H3,(H,20,23). The maximum atomic E-state index is 12.4. The topological polar surface area (TPSA) is 69.7 Å². The average Bonchev–Trinajstić information content (AvgIpc) is 3.21. The van der Waals surface area contributed by atoms with Crippen molar-refractivity contribution in [2.45, 2.75) is 11.8 Å². The Balaban J connectivity index is 1.44. The second-order valence-electron chi connectivity index (χ2n) is 6.14. The van der Waals surface area contributed by atoms with Crippen molar-refractivity contribution in [1.29, 1.82) is 0 Å². The Labute approximate surface area is 166 Å².